The third-order valence-electron chi connectivity index (χ3n) is 1.30. The van der Waals surface area contributed by atoms with E-state index >= 15 is 0 Å². The van der Waals surface area contributed by atoms with E-state index in [0.717, 1.165) is 0 Å². The Morgan fingerprint density at radius 2 is 2.22 bits per heavy atom. The molecule has 0 unspecified atom stereocenters. The van der Waals surface area contributed by atoms with E-state index in [2.05, 4.69) is 0 Å². The number of carbonyl (C=O) groups is 1. The number of Topliss-reactive ketones (excluding diaryl/α,β-unsaturated/α-hetero) is 1. The molecule has 54 valence electrons. The Balaban J connectivity index is 3.72. The van der Waals surface area contributed by atoms with Crippen molar-refractivity contribution in [3.8, 4) is 0 Å². The van der Waals surface area contributed by atoms with Crippen LogP contribution in [0, 0.1) is 0 Å². The van der Waals surface area contributed by atoms with Crippen molar-refractivity contribution in [2.24, 2.45) is 5.73 Å². The Morgan fingerprint density at radius 3 is 2.33 bits per heavy atom. The standard InChI is InChI=1S/C6H13NO2/c1-3-5(9)6(7)4(2)8/h5-6,9H,3,7H2,1-2H3/t5-,6-/m1/s1. The van der Waals surface area contributed by atoms with Gasteiger partial charge in [-0.3, -0.25) is 4.79 Å². The van der Waals surface area contributed by atoms with Crippen LogP contribution in [0.2, 0.25) is 0 Å². The molecule has 0 aliphatic carbocycles. The Morgan fingerprint density at radius 1 is 1.78 bits per heavy atom. The molecule has 0 aliphatic heterocycles. The van der Waals surface area contributed by atoms with Crippen LogP contribution in [-0.4, -0.2) is 23.0 Å². The van der Waals surface area contributed by atoms with Gasteiger partial charge in [-0.1, -0.05) is 6.92 Å². The van der Waals surface area contributed by atoms with Crippen LogP contribution in [0.5, 0.6) is 0 Å². The van der Waals surface area contributed by atoms with E-state index in [0.29, 0.717) is 6.42 Å². The predicted octanol–water partition coefficient (Wildman–Crippen LogP) is -0.326. The molecule has 0 heterocycles. The average Bonchev–Trinajstić information content (AvgIpc) is 1.84. The highest BCUT2D eigenvalue weighted by Gasteiger charge is 2.15. The normalized spacial score (nSPS) is 16.9. The lowest BCUT2D eigenvalue weighted by Gasteiger charge is -2.12. The van der Waals surface area contributed by atoms with Crippen LogP contribution in [0.4, 0.5) is 0 Å². The second-order valence-corrected chi connectivity index (χ2v) is 2.11. The Bertz CT molecular complexity index is 103. The molecule has 2 atom stereocenters. The number of nitrogens with two attached hydrogens (primary N) is 1. The quantitative estimate of drug-likeness (QED) is 0.551. The van der Waals surface area contributed by atoms with Gasteiger partial charge < -0.3 is 10.8 Å². The fourth-order valence-electron chi connectivity index (χ4n) is 0.525. The first-order valence-corrected chi connectivity index (χ1v) is 3.03. The van der Waals surface area contributed by atoms with Gasteiger partial charge in [0.15, 0.2) is 0 Å². The highest BCUT2D eigenvalue weighted by atomic mass is 16.3. The number of hydrogen-bond acceptors (Lipinski definition) is 3. The number of hydrogen-bond donors (Lipinski definition) is 2. The third-order valence-corrected chi connectivity index (χ3v) is 1.30. The van der Waals surface area contributed by atoms with E-state index in [1.165, 1.54) is 6.92 Å². The second kappa shape index (κ2) is 3.58. The second-order valence-electron chi connectivity index (χ2n) is 2.11. The van der Waals surface area contributed by atoms with Crippen LogP contribution in [0.1, 0.15) is 20.3 Å². The highest BCUT2D eigenvalue weighted by Crippen LogP contribution is 1.95. The summed E-state index contributed by atoms with van der Waals surface area (Å²) in [6, 6.07) is -0.699. The number of aliphatic hydroxyl groups excluding tert-OH is 1. The lowest BCUT2D eigenvalue weighted by atomic mass is 10.1. The molecule has 0 aromatic carbocycles. The summed E-state index contributed by atoms with van der Waals surface area (Å²) in [5, 5.41) is 8.95. The molecular formula is C6H13NO2. The topological polar surface area (TPSA) is 63.3 Å². The zero-order valence-corrected chi connectivity index (χ0v) is 5.79. The molecule has 0 aromatic rings. The van der Waals surface area contributed by atoms with Crippen molar-refractivity contribution in [2.75, 3.05) is 0 Å². The SMILES string of the molecule is CC[C@@H](O)[C@H](N)C(C)=O. The van der Waals surface area contributed by atoms with Gasteiger partial charge in [-0.25, -0.2) is 0 Å². The van der Waals surface area contributed by atoms with Crippen molar-refractivity contribution in [2.45, 2.75) is 32.4 Å². The summed E-state index contributed by atoms with van der Waals surface area (Å²) in [4.78, 5) is 10.5. The minimum absolute atomic E-state index is 0.163. The third kappa shape index (κ3) is 2.58. The van der Waals surface area contributed by atoms with Crippen LogP contribution in [0.3, 0.4) is 0 Å². The van der Waals surface area contributed by atoms with Crippen molar-refractivity contribution in [3.63, 3.8) is 0 Å². The van der Waals surface area contributed by atoms with E-state index in [4.69, 9.17) is 10.8 Å². The van der Waals surface area contributed by atoms with Gasteiger partial charge in [0.2, 0.25) is 0 Å². The Hall–Kier alpha value is -0.410. The van der Waals surface area contributed by atoms with Crippen molar-refractivity contribution < 1.29 is 9.90 Å². The van der Waals surface area contributed by atoms with E-state index in [9.17, 15) is 4.79 Å². The van der Waals surface area contributed by atoms with Gasteiger partial charge in [-0.2, -0.15) is 0 Å². The first-order valence-electron chi connectivity index (χ1n) is 3.03. The lowest BCUT2D eigenvalue weighted by molar-refractivity contribution is -0.120. The molecule has 3 N–H and O–H groups in total. The smallest absolute Gasteiger partial charge is 0.149 e. The van der Waals surface area contributed by atoms with Crippen LogP contribution in [-0.2, 0) is 4.79 Å². The molecular weight excluding hydrogens is 118 g/mol. The molecule has 9 heavy (non-hydrogen) atoms. The minimum atomic E-state index is -0.699. The van der Waals surface area contributed by atoms with Crippen LogP contribution < -0.4 is 5.73 Å². The van der Waals surface area contributed by atoms with Crippen molar-refractivity contribution in [1.82, 2.24) is 0 Å². The monoisotopic (exact) mass is 131 g/mol. The zero-order valence-electron chi connectivity index (χ0n) is 5.79. The fraction of sp³-hybridized carbons (Fsp3) is 0.833. The first kappa shape index (κ1) is 8.59. The number of carbonyl (C=O) groups excluding carboxylic acids is 1. The highest BCUT2D eigenvalue weighted by molar-refractivity contribution is 5.81. The molecule has 0 saturated heterocycles. The van der Waals surface area contributed by atoms with Crippen LogP contribution >= 0.6 is 0 Å². The number of aliphatic hydroxyl groups is 1. The van der Waals surface area contributed by atoms with Crippen molar-refractivity contribution >= 4 is 5.78 Å². The molecule has 0 radical (unpaired) electrons. The van der Waals surface area contributed by atoms with Crippen LogP contribution in [0.25, 0.3) is 0 Å². The van der Waals surface area contributed by atoms with Gasteiger partial charge in [0.05, 0.1) is 12.1 Å². The molecule has 0 amide bonds. The Labute approximate surface area is 54.9 Å². The largest absolute Gasteiger partial charge is 0.391 e. The molecule has 0 bridgehead atoms. The van der Waals surface area contributed by atoms with E-state index in [-0.39, 0.29) is 5.78 Å². The van der Waals surface area contributed by atoms with Crippen molar-refractivity contribution in [3.05, 3.63) is 0 Å². The van der Waals surface area contributed by atoms with Gasteiger partial charge in [-0.05, 0) is 13.3 Å². The summed E-state index contributed by atoms with van der Waals surface area (Å²) in [6.07, 6.45) is -0.150. The summed E-state index contributed by atoms with van der Waals surface area (Å²) in [5.74, 6) is -0.163. The maximum Gasteiger partial charge on any atom is 0.149 e. The van der Waals surface area contributed by atoms with E-state index < -0.39 is 12.1 Å². The predicted molar refractivity (Wildman–Crippen MR) is 35.0 cm³/mol. The molecule has 0 spiro atoms. The molecule has 0 rings (SSSR count). The van der Waals surface area contributed by atoms with E-state index in [1.807, 2.05) is 0 Å². The average molecular weight is 131 g/mol. The summed E-state index contributed by atoms with van der Waals surface area (Å²) >= 11 is 0. The summed E-state index contributed by atoms with van der Waals surface area (Å²) < 4.78 is 0. The number of ketones is 1. The first-order chi connectivity index (χ1) is 4.09. The fourth-order valence-corrected chi connectivity index (χ4v) is 0.525. The molecule has 0 aromatic heterocycles. The van der Waals surface area contributed by atoms with Gasteiger partial charge >= 0.3 is 0 Å². The summed E-state index contributed by atoms with van der Waals surface area (Å²) in [5.41, 5.74) is 5.27. The molecule has 3 heteroatoms. The molecule has 0 saturated carbocycles. The zero-order chi connectivity index (χ0) is 7.44. The Kier molecular flexibility index (Phi) is 3.42. The summed E-state index contributed by atoms with van der Waals surface area (Å²) in [7, 11) is 0. The maximum absolute atomic E-state index is 10.5. The van der Waals surface area contributed by atoms with Crippen molar-refractivity contribution in [1.29, 1.82) is 0 Å². The lowest BCUT2D eigenvalue weighted by Crippen LogP contribution is -2.40. The van der Waals surface area contributed by atoms with Gasteiger partial charge in [-0.15, -0.1) is 0 Å². The molecule has 0 fully saturated rings. The van der Waals surface area contributed by atoms with Gasteiger partial charge in [0, 0.05) is 0 Å². The molecule has 3 nitrogen and oxygen atoms in total. The number of rotatable bonds is 3. The van der Waals surface area contributed by atoms with E-state index in [1.54, 1.807) is 6.92 Å². The minimum Gasteiger partial charge on any atom is -0.391 e. The summed E-state index contributed by atoms with van der Waals surface area (Å²) in [6.45, 7) is 3.16. The van der Waals surface area contributed by atoms with Gasteiger partial charge in [0.1, 0.15) is 5.78 Å². The van der Waals surface area contributed by atoms with Gasteiger partial charge in [0.25, 0.3) is 0 Å². The molecule has 0 aliphatic rings. The maximum atomic E-state index is 10.5. The van der Waals surface area contributed by atoms with Crippen LogP contribution in [0.15, 0.2) is 0 Å².